The van der Waals surface area contributed by atoms with Gasteiger partial charge in [0, 0.05) is 45.8 Å². The first-order valence-corrected chi connectivity index (χ1v) is 16.7. The molecule has 1 aromatic rings. The first kappa shape index (κ1) is 31.9. The first-order chi connectivity index (χ1) is 21.8. The molecule has 1 unspecified atom stereocenters. The van der Waals surface area contributed by atoms with Gasteiger partial charge < -0.3 is 29.3 Å². The van der Waals surface area contributed by atoms with Gasteiger partial charge in [-0.05, 0) is 17.9 Å². The monoisotopic (exact) mass is 620 g/mol. The Morgan fingerprint density at radius 1 is 0.911 bits per heavy atom. The fraction of sp³-hybridized carbons (Fsp3) is 0.629. The van der Waals surface area contributed by atoms with E-state index in [0.29, 0.717) is 52.4 Å². The van der Waals surface area contributed by atoms with Gasteiger partial charge >= 0.3 is 0 Å². The molecule has 5 aliphatic rings. The van der Waals surface area contributed by atoms with Gasteiger partial charge in [0.1, 0.15) is 11.6 Å². The van der Waals surface area contributed by atoms with Gasteiger partial charge in [0.15, 0.2) is 0 Å². The van der Waals surface area contributed by atoms with Crippen molar-refractivity contribution >= 4 is 17.7 Å². The second-order valence-electron chi connectivity index (χ2n) is 13.3. The summed E-state index contributed by atoms with van der Waals surface area (Å²) in [5.41, 5.74) is -1.36. The molecule has 3 saturated heterocycles. The Labute approximate surface area is 266 Å². The van der Waals surface area contributed by atoms with Gasteiger partial charge in [0.05, 0.1) is 43.3 Å². The molecule has 1 aromatic carbocycles. The summed E-state index contributed by atoms with van der Waals surface area (Å²) in [6.45, 7) is 11.1. The normalized spacial score (nSPS) is 33.1. The Morgan fingerprint density at radius 3 is 2.31 bits per heavy atom. The molecule has 3 amide bonds. The number of rotatable bonds is 10. The minimum absolute atomic E-state index is 0.0631. The molecule has 5 heterocycles. The van der Waals surface area contributed by atoms with Gasteiger partial charge in [-0.3, -0.25) is 19.3 Å². The maximum Gasteiger partial charge on any atom is 0.249 e. The molecular formula is C35H48N4O6. The van der Waals surface area contributed by atoms with Crippen LogP contribution in [0, 0.1) is 17.8 Å². The quantitative estimate of drug-likeness (QED) is 0.400. The van der Waals surface area contributed by atoms with Gasteiger partial charge in [-0.15, -0.1) is 0 Å². The summed E-state index contributed by atoms with van der Waals surface area (Å²) in [7, 11) is 0. The largest absolute Gasteiger partial charge is 0.394 e. The average Bonchev–Trinajstić information content (AvgIpc) is 3.36. The van der Waals surface area contributed by atoms with Crippen LogP contribution < -0.4 is 0 Å². The Balaban J connectivity index is 1.40. The smallest absolute Gasteiger partial charge is 0.249 e. The molecule has 10 nitrogen and oxygen atoms in total. The summed E-state index contributed by atoms with van der Waals surface area (Å²) in [5, 5.41) is 10.7. The van der Waals surface area contributed by atoms with Crippen molar-refractivity contribution < 1.29 is 29.0 Å². The van der Waals surface area contributed by atoms with Crippen molar-refractivity contribution in [3.8, 4) is 0 Å². The van der Waals surface area contributed by atoms with Crippen molar-refractivity contribution in [1.82, 2.24) is 19.6 Å². The molecule has 3 fully saturated rings. The van der Waals surface area contributed by atoms with Gasteiger partial charge in [0.25, 0.3) is 0 Å². The topological polar surface area (TPSA) is 103 Å². The van der Waals surface area contributed by atoms with Crippen LogP contribution >= 0.6 is 0 Å². The number of fused-ring (bicyclic) bond motifs is 2. The Kier molecular flexibility index (Phi) is 9.21. The number of nitrogens with zero attached hydrogens (tertiary/aromatic N) is 4. The summed E-state index contributed by atoms with van der Waals surface area (Å²) >= 11 is 0. The van der Waals surface area contributed by atoms with Crippen LogP contribution in [-0.2, 0) is 30.4 Å². The number of ether oxygens (including phenoxy) is 2. The van der Waals surface area contributed by atoms with Crippen molar-refractivity contribution in [2.24, 2.45) is 17.8 Å². The Bertz CT molecular complexity index is 1310. The molecule has 7 atom stereocenters. The second-order valence-corrected chi connectivity index (χ2v) is 13.3. The van der Waals surface area contributed by atoms with Crippen LogP contribution in [0.5, 0.6) is 0 Å². The summed E-state index contributed by atoms with van der Waals surface area (Å²) in [6, 6.07) is 8.29. The van der Waals surface area contributed by atoms with E-state index >= 15 is 0 Å². The molecule has 244 valence electrons. The number of benzene rings is 1. The zero-order valence-electron chi connectivity index (χ0n) is 26.8. The number of amides is 3. The zero-order valence-corrected chi connectivity index (χ0v) is 26.8. The average molecular weight is 621 g/mol. The number of likely N-dealkylation sites (tertiary alicyclic amines) is 1. The van der Waals surface area contributed by atoms with E-state index in [9.17, 15) is 19.5 Å². The lowest BCUT2D eigenvalue weighted by Gasteiger charge is -2.42. The third-order valence-corrected chi connectivity index (χ3v) is 10.9. The van der Waals surface area contributed by atoms with Crippen molar-refractivity contribution in [3.05, 3.63) is 60.2 Å². The molecule has 6 rings (SSSR count). The lowest BCUT2D eigenvalue weighted by atomic mass is 9.73. The molecule has 0 radical (unpaired) electrons. The van der Waals surface area contributed by atoms with E-state index in [1.165, 1.54) is 0 Å². The molecule has 0 aliphatic carbocycles. The number of hydrogen-bond acceptors (Lipinski definition) is 7. The standard InChI is InChI=1S/C35H48N4O6/c1-4-25(3)27(24-40)39-30-33(43)37(18-17-36-19-21-44-22-20-36)15-10-14-35(30)29(32(39)42)28-31(41)38(23-26-11-7-6-8-12-26)16-9-13-34(28,5-2)45-35/h6-14,25,27-30,40H,4-5,15-24H2,1-3H3/t25-,27-,28-,29-,30?,34+,35-/m0/s1. The van der Waals surface area contributed by atoms with Crippen LogP contribution in [0.4, 0.5) is 0 Å². The fourth-order valence-corrected chi connectivity index (χ4v) is 8.20. The van der Waals surface area contributed by atoms with Crippen LogP contribution in [0.3, 0.4) is 0 Å². The summed E-state index contributed by atoms with van der Waals surface area (Å²) in [5.74, 6) is -2.37. The van der Waals surface area contributed by atoms with Crippen molar-refractivity contribution in [3.63, 3.8) is 0 Å². The number of carbonyl (C=O) groups excluding carboxylic acids is 3. The maximum atomic E-state index is 14.9. The Hall–Kier alpha value is -3.05. The van der Waals surface area contributed by atoms with Crippen molar-refractivity contribution in [2.75, 3.05) is 59.1 Å². The van der Waals surface area contributed by atoms with E-state index in [1.54, 1.807) is 9.80 Å². The van der Waals surface area contributed by atoms with Gasteiger partial charge in [0.2, 0.25) is 17.7 Å². The van der Waals surface area contributed by atoms with Crippen LogP contribution in [-0.4, -0.2) is 125 Å². The number of aliphatic hydroxyl groups excluding tert-OH is 1. The molecule has 0 bridgehead atoms. The SMILES string of the molecule is CC[C@H](C)[C@H](CO)N1C(=O)[C@@H]2[C@H]3C(=O)N(Cc4ccccc4)CC=C[C@@]3(CC)O[C@@]23C=CCN(CCN2CCOCC2)C(=O)C13. The van der Waals surface area contributed by atoms with Crippen LogP contribution in [0.2, 0.25) is 0 Å². The molecule has 45 heavy (non-hydrogen) atoms. The first-order valence-electron chi connectivity index (χ1n) is 16.7. The number of aliphatic hydroxyl groups is 1. The Morgan fingerprint density at radius 2 is 1.62 bits per heavy atom. The lowest BCUT2D eigenvalue weighted by molar-refractivity contribution is -0.158. The predicted molar refractivity (Wildman–Crippen MR) is 169 cm³/mol. The second kappa shape index (κ2) is 13.0. The molecular weight excluding hydrogens is 572 g/mol. The number of carbonyl (C=O) groups is 3. The third kappa shape index (κ3) is 5.43. The highest BCUT2D eigenvalue weighted by atomic mass is 16.5. The van der Waals surface area contributed by atoms with Gasteiger partial charge in [-0.1, -0.05) is 81.8 Å². The van der Waals surface area contributed by atoms with E-state index in [2.05, 4.69) is 4.90 Å². The van der Waals surface area contributed by atoms with Crippen molar-refractivity contribution in [2.45, 2.75) is 63.4 Å². The minimum atomic E-state index is -1.33. The van der Waals surface area contributed by atoms with E-state index in [4.69, 9.17) is 9.47 Å². The summed E-state index contributed by atoms with van der Waals surface area (Å²) in [6.07, 6.45) is 9.01. The van der Waals surface area contributed by atoms with Crippen LogP contribution in [0.1, 0.15) is 39.2 Å². The van der Waals surface area contributed by atoms with E-state index < -0.39 is 35.1 Å². The van der Waals surface area contributed by atoms with Crippen LogP contribution in [0.25, 0.3) is 0 Å². The summed E-state index contributed by atoms with van der Waals surface area (Å²) in [4.78, 5) is 51.8. The lowest BCUT2D eigenvalue weighted by Crippen LogP contribution is -2.60. The highest BCUT2D eigenvalue weighted by Crippen LogP contribution is 2.59. The molecule has 1 N–H and O–H groups in total. The fourth-order valence-electron chi connectivity index (χ4n) is 8.20. The summed E-state index contributed by atoms with van der Waals surface area (Å²) < 4.78 is 12.6. The molecule has 0 saturated carbocycles. The van der Waals surface area contributed by atoms with Gasteiger partial charge in [-0.25, -0.2) is 0 Å². The molecule has 1 spiro atoms. The highest BCUT2D eigenvalue weighted by Gasteiger charge is 2.76. The molecule has 0 aromatic heterocycles. The van der Waals surface area contributed by atoms with E-state index in [0.717, 1.165) is 25.1 Å². The van der Waals surface area contributed by atoms with Crippen molar-refractivity contribution in [1.29, 1.82) is 0 Å². The molecule has 10 heteroatoms. The zero-order chi connectivity index (χ0) is 31.8. The van der Waals surface area contributed by atoms with E-state index in [-0.39, 0.29) is 30.2 Å². The number of hydrogen-bond donors (Lipinski definition) is 1. The highest BCUT2D eigenvalue weighted by molar-refractivity contribution is 6.00. The van der Waals surface area contributed by atoms with E-state index in [1.807, 2.05) is 80.3 Å². The third-order valence-electron chi connectivity index (χ3n) is 10.9. The molecule has 5 aliphatic heterocycles. The minimum Gasteiger partial charge on any atom is -0.394 e. The number of morpholine rings is 1. The maximum absolute atomic E-state index is 14.9. The van der Waals surface area contributed by atoms with Crippen LogP contribution in [0.15, 0.2) is 54.6 Å². The predicted octanol–water partition coefficient (Wildman–Crippen LogP) is 2.08. The van der Waals surface area contributed by atoms with Gasteiger partial charge in [-0.2, -0.15) is 0 Å².